The second-order valence-electron chi connectivity index (χ2n) is 9.54. The number of hydrogen-bond donors (Lipinski definition) is 4. The Morgan fingerprint density at radius 2 is 1.98 bits per heavy atom. The van der Waals surface area contributed by atoms with Gasteiger partial charge in [0.2, 0.25) is 11.9 Å². The van der Waals surface area contributed by atoms with Crippen LogP contribution in [0.25, 0.3) is 0 Å². The van der Waals surface area contributed by atoms with E-state index in [1.807, 2.05) is 23.1 Å². The molecule has 40 heavy (non-hydrogen) atoms. The summed E-state index contributed by atoms with van der Waals surface area (Å²) in [5.41, 5.74) is 1.96. The van der Waals surface area contributed by atoms with E-state index in [-0.39, 0.29) is 35.9 Å². The fourth-order valence-electron chi connectivity index (χ4n) is 4.08. The number of hydrogen-bond acceptors (Lipinski definition) is 9. The van der Waals surface area contributed by atoms with Crippen molar-refractivity contribution in [1.82, 2.24) is 20.2 Å². The third-order valence-electron chi connectivity index (χ3n) is 6.04. The predicted octanol–water partition coefficient (Wildman–Crippen LogP) is 3.80. The quantitative estimate of drug-likeness (QED) is 0.207. The molecule has 0 spiro atoms. The minimum absolute atomic E-state index is 0.0759. The first-order valence-electron chi connectivity index (χ1n) is 12.4. The lowest BCUT2D eigenvalue weighted by molar-refractivity contribution is -0.124. The number of nitrogens with one attached hydrogen (secondary N) is 4. The summed E-state index contributed by atoms with van der Waals surface area (Å²) in [4.78, 5) is 35.0. The molecule has 2 amide bonds. The summed E-state index contributed by atoms with van der Waals surface area (Å²) in [6, 6.07) is 12.4. The van der Waals surface area contributed by atoms with Crippen molar-refractivity contribution >= 4 is 64.7 Å². The van der Waals surface area contributed by atoms with Gasteiger partial charge in [-0.1, -0.05) is 30.3 Å². The minimum atomic E-state index is -2.57. The van der Waals surface area contributed by atoms with E-state index in [4.69, 9.17) is 16.3 Å². The first-order valence-corrected chi connectivity index (χ1v) is 15.4. The molecule has 210 valence electrons. The van der Waals surface area contributed by atoms with Gasteiger partial charge in [-0.05, 0) is 43.7 Å². The minimum Gasteiger partial charge on any atom is -0.495 e. The van der Waals surface area contributed by atoms with Gasteiger partial charge in [-0.15, -0.1) is 0 Å². The van der Waals surface area contributed by atoms with Crippen molar-refractivity contribution in [3.63, 3.8) is 0 Å². The number of anilines is 5. The number of carbonyl (C=O) groups is 2. The number of aromatic nitrogens is 2. The van der Waals surface area contributed by atoms with Gasteiger partial charge in [0.25, 0.3) is 5.91 Å². The first kappa shape index (κ1) is 29.1. The molecule has 1 saturated heterocycles. The normalized spacial score (nSPS) is 13.8. The highest BCUT2D eigenvalue weighted by atomic mass is 35.5. The van der Waals surface area contributed by atoms with Crippen LogP contribution in [0.4, 0.5) is 28.8 Å². The highest BCUT2D eigenvalue weighted by Gasteiger charge is 2.20. The lowest BCUT2D eigenvalue weighted by atomic mass is 10.2. The molecule has 0 unspecified atom stereocenters. The molecule has 1 aliphatic heterocycles. The average Bonchev–Trinajstić information content (AvgIpc) is 2.90. The average molecular weight is 584 g/mol. The summed E-state index contributed by atoms with van der Waals surface area (Å²) in [7, 11) is -1.04. The number of methoxy groups -OCH3 is 1. The van der Waals surface area contributed by atoms with Crippen LogP contribution in [0.15, 0.2) is 60.8 Å². The van der Waals surface area contributed by atoms with Gasteiger partial charge < -0.3 is 30.6 Å². The van der Waals surface area contributed by atoms with Gasteiger partial charge in [0.15, 0.2) is 5.82 Å². The molecule has 4 rings (SSSR count). The number of benzene rings is 2. The number of para-hydroxylation sites is 1. The number of nitrogens with zero attached hydrogens (tertiary/aromatic N) is 3. The van der Waals surface area contributed by atoms with Gasteiger partial charge in [-0.3, -0.25) is 14.5 Å². The van der Waals surface area contributed by atoms with Crippen LogP contribution >= 0.6 is 18.7 Å². The Hall–Kier alpha value is -3.92. The Bertz CT molecular complexity index is 1490. The third kappa shape index (κ3) is 7.38. The van der Waals surface area contributed by atoms with E-state index in [2.05, 4.69) is 37.8 Å². The predicted molar refractivity (Wildman–Crippen MR) is 159 cm³/mol. The van der Waals surface area contributed by atoms with Crippen LogP contribution in [0, 0.1) is 0 Å². The van der Waals surface area contributed by atoms with E-state index in [0.29, 0.717) is 52.6 Å². The molecular formula is C27H31ClN7O4P. The van der Waals surface area contributed by atoms with E-state index >= 15 is 0 Å². The van der Waals surface area contributed by atoms with Crippen molar-refractivity contribution in [2.75, 3.05) is 62.6 Å². The molecule has 2 aromatic carbocycles. The molecule has 0 aliphatic carbocycles. The van der Waals surface area contributed by atoms with Crippen LogP contribution in [0.1, 0.15) is 0 Å². The van der Waals surface area contributed by atoms with Crippen molar-refractivity contribution < 1.29 is 18.9 Å². The van der Waals surface area contributed by atoms with E-state index in [1.54, 1.807) is 37.6 Å². The Labute approximate surface area is 237 Å². The Kier molecular flexibility index (Phi) is 9.09. The van der Waals surface area contributed by atoms with Crippen molar-refractivity contribution in [2.24, 2.45) is 0 Å². The molecule has 2 heterocycles. The number of piperazine rings is 1. The summed E-state index contributed by atoms with van der Waals surface area (Å²) >= 11 is 6.37. The standard InChI is InChI=1S/C27H31ClN7O4P/c1-17(15-35-12-11-29-24(36)16-35)26(37)31-18-9-10-22(39-2)21(13-18)33-27-30-14-19(28)25(34-27)32-20-7-5-6-8-23(20)40(3,4)38/h5-10,13-14H,1,11-12,15-16H2,2-4H3,(H,29,36)(H,31,37)(H2,30,32,33,34). The molecule has 0 atom stereocenters. The zero-order valence-corrected chi connectivity index (χ0v) is 24.1. The maximum atomic E-state index is 12.8. The lowest BCUT2D eigenvalue weighted by Crippen LogP contribution is -2.48. The molecule has 0 bridgehead atoms. The molecule has 0 radical (unpaired) electrons. The van der Waals surface area contributed by atoms with Crippen LogP contribution in [-0.4, -0.2) is 73.3 Å². The van der Waals surface area contributed by atoms with Crippen LogP contribution in [0.2, 0.25) is 5.02 Å². The van der Waals surface area contributed by atoms with Gasteiger partial charge in [-0.2, -0.15) is 4.98 Å². The molecule has 1 aromatic heterocycles. The van der Waals surface area contributed by atoms with Gasteiger partial charge in [-0.25, -0.2) is 4.98 Å². The van der Waals surface area contributed by atoms with Crippen molar-refractivity contribution in [3.8, 4) is 5.75 Å². The third-order valence-corrected chi connectivity index (χ3v) is 7.87. The molecule has 4 N–H and O–H groups in total. The summed E-state index contributed by atoms with van der Waals surface area (Å²) < 4.78 is 18.2. The van der Waals surface area contributed by atoms with Crippen molar-refractivity contribution in [3.05, 3.63) is 65.8 Å². The summed E-state index contributed by atoms with van der Waals surface area (Å²) in [6.07, 6.45) is 1.45. The molecule has 1 fully saturated rings. The molecule has 0 saturated carbocycles. The van der Waals surface area contributed by atoms with E-state index in [9.17, 15) is 14.2 Å². The maximum absolute atomic E-state index is 12.8. The van der Waals surface area contributed by atoms with Gasteiger partial charge in [0.05, 0.1) is 31.2 Å². The monoisotopic (exact) mass is 583 g/mol. The molecular weight excluding hydrogens is 553 g/mol. The van der Waals surface area contributed by atoms with Crippen LogP contribution in [0.5, 0.6) is 5.75 Å². The largest absolute Gasteiger partial charge is 0.495 e. The number of halogens is 1. The molecule has 1 aliphatic rings. The lowest BCUT2D eigenvalue weighted by Gasteiger charge is -2.26. The fraction of sp³-hybridized carbons (Fsp3) is 0.259. The zero-order chi connectivity index (χ0) is 28.9. The van der Waals surface area contributed by atoms with E-state index in [1.165, 1.54) is 13.3 Å². The van der Waals surface area contributed by atoms with E-state index < -0.39 is 7.14 Å². The first-order chi connectivity index (χ1) is 19.0. The van der Waals surface area contributed by atoms with Gasteiger partial charge in [0.1, 0.15) is 17.9 Å². The Balaban J connectivity index is 1.50. The number of rotatable bonds is 10. The maximum Gasteiger partial charge on any atom is 0.252 e. The molecule has 3 aromatic rings. The second kappa shape index (κ2) is 12.5. The van der Waals surface area contributed by atoms with Crippen LogP contribution in [0.3, 0.4) is 0 Å². The molecule has 11 nitrogen and oxygen atoms in total. The highest BCUT2D eigenvalue weighted by Crippen LogP contribution is 2.39. The SMILES string of the molecule is C=C(CN1CCNC(=O)C1)C(=O)Nc1ccc(OC)c(Nc2ncc(Cl)c(Nc3ccccc3P(C)(C)=O)n2)c1. The number of carbonyl (C=O) groups excluding carboxylic acids is 2. The van der Waals surface area contributed by atoms with Gasteiger partial charge in [0, 0.05) is 36.2 Å². The fourth-order valence-corrected chi connectivity index (χ4v) is 5.38. The van der Waals surface area contributed by atoms with Gasteiger partial charge >= 0.3 is 0 Å². The zero-order valence-electron chi connectivity index (χ0n) is 22.5. The highest BCUT2D eigenvalue weighted by molar-refractivity contribution is 7.70. The number of ether oxygens (including phenoxy) is 1. The van der Waals surface area contributed by atoms with Crippen molar-refractivity contribution in [1.29, 1.82) is 0 Å². The second-order valence-corrected chi connectivity index (χ2v) is 13.1. The van der Waals surface area contributed by atoms with Crippen LogP contribution in [-0.2, 0) is 14.2 Å². The Morgan fingerprint density at radius 1 is 1.20 bits per heavy atom. The van der Waals surface area contributed by atoms with E-state index in [0.717, 1.165) is 0 Å². The summed E-state index contributed by atoms with van der Waals surface area (Å²) in [5, 5.41) is 12.8. The van der Waals surface area contributed by atoms with Crippen LogP contribution < -0.4 is 31.3 Å². The Morgan fingerprint density at radius 3 is 2.70 bits per heavy atom. The summed E-state index contributed by atoms with van der Waals surface area (Å²) in [6.45, 7) is 8.97. The summed E-state index contributed by atoms with van der Waals surface area (Å²) in [5.74, 6) is 0.598. The van der Waals surface area contributed by atoms with Crippen molar-refractivity contribution in [2.45, 2.75) is 0 Å². The number of amides is 2. The molecule has 13 heteroatoms. The topological polar surface area (TPSA) is 138 Å². The smallest absolute Gasteiger partial charge is 0.252 e.